The molecule has 2 aromatic rings. The summed E-state index contributed by atoms with van der Waals surface area (Å²) in [6.07, 6.45) is 0. The number of aliphatic carboxylic acids is 1. The van der Waals surface area contributed by atoms with Crippen LogP contribution in [0.2, 0.25) is 0 Å². The Bertz CT molecular complexity index is 710. The molecule has 1 aromatic carbocycles. The van der Waals surface area contributed by atoms with E-state index in [0.29, 0.717) is 17.0 Å². The number of nitrogens with two attached hydrogens (primary N) is 1. The van der Waals surface area contributed by atoms with Gasteiger partial charge in [-0.3, -0.25) is 9.48 Å². The zero-order chi connectivity index (χ0) is 17.0. The van der Waals surface area contributed by atoms with Gasteiger partial charge in [0, 0.05) is 0 Å². The number of hydrogen-bond acceptors (Lipinski definition) is 5. The van der Waals surface area contributed by atoms with Gasteiger partial charge in [-0.15, -0.1) is 0 Å². The quantitative estimate of drug-likeness (QED) is 0.777. The molecule has 0 radical (unpaired) electrons. The fourth-order valence-corrected chi connectivity index (χ4v) is 2.23. The molecular weight excluding hydrogens is 298 g/mol. The molecule has 0 unspecified atom stereocenters. The maximum atomic E-state index is 12.3. The lowest BCUT2D eigenvalue weighted by molar-refractivity contribution is -0.138. The van der Waals surface area contributed by atoms with E-state index < -0.39 is 18.0 Å². The van der Waals surface area contributed by atoms with Crippen molar-refractivity contribution in [1.29, 1.82) is 0 Å². The number of benzene rings is 1. The number of nitrogens with zero attached hydrogens (tertiary/aromatic N) is 2. The van der Waals surface area contributed by atoms with Crippen LogP contribution in [0.3, 0.4) is 0 Å². The molecule has 0 bridgehead atoms. The molecule has 7 heteroatoms. The Kier molecular flexibility index (Phi) is 5.13. The highest BCUT2D eigenvalue weighted by Gasteiger charge is 2.22. The molecule has 0 spiro atoms. The Morgan fingerprint density at radius 3 is 2.57 bits per heavy atom. The summed E-state index contributed by atoms with van der Waals surface area (Å²) in [4.78, 5) is 23.1. The van der Waals surface area contributed by atoms with E-state index in [4.69, 9.17) is 15.6 Å². The van der Waals surface area contributed by atoms with Gasteiger partial charge in [0.25, 0.3) is 0 Å². The predicted molar refractivity (Wildman–Crippen MR) is 82.9 cm³/mol. The molecule has 0 saturated carbocycles. The summed E-state index contributed by atoms with van der Waals surface area (Å²) in [6.45, 7) is 3.52. The van der Waals surface area contributed by atoms with Crippen molar-refractivity contribution >= 4 is 11.9 Å². The molecule has 3 N–H and O–H groups in total. The second kappa shape index (κ2) is 7.06. The van der Waals surface area contributed by atoms with Crippen molar-refractivity contribution in [3.63, 3.8) is 0 Å². The predicted octanol–water partition coefficient (Wildman–Crippen LogP) is 1.27. The number of aryl methyl sites for hydroxylation is 1. The lowest BCUT2D eigenvalue weighted by atomic mass is 10.2. The Balaban J connectivity index is 2.11. The Morgan fingerprint density at radius 2 is 1.96 bits per heavy atom. The topological polar surface area (TPSA) is 107 Å². The lowest BCUT2D eigenvalue weighted by Crippen LogP contribution is -2.35. The van der Waals surface area contributed by atoms with E-state index in [9.17, 15) is 9.59 Å². The summed E-state index contributed by atoms with van der Waals surface area (Å²) in [5, 5.41) is 13.1. The van der Waals surface area contributed by atoms with Crippen molar-refractivity contribution in [2.24, 2.45) is 5.73 Å². The number of aromatic nitrogens is 2. The lowest BCUT2D eigenvalue weighted by Gasteiger charge is -2.09. The molecule has 122 valence electrons. The van der Waals surface area contributed by atoms with Crippen LogP contribution in [0.5, 0.6) is 0 Å². The minimum Gasteiger partial charge on any atom is -0.480 e. The van der Waals surface area contributed by atoms with Crippen molar-refractivity contribution < 1.29 is 19.4 Å². The summed E-state index contributed by atoms with van der Waals surface area (Å²) < 4.78 is 6.73. The Labute approximate surface area is 133 Å². The number of hydrogen-bond donors (Lipinski definition) is 2. The van der Waals surface area contributed by atoms with Crippen molar-refractivity contribution in [3.8, 4) is 0 Å². The fraction of sp³-hybridized carbons (Fsp3) is 0.312. The van der Waals surface area contributed by atoms with Crippen molar-refractivity contribution in [2.45, 2.75) is 33.0 Å². The molecule has 2 rings (SSSR count). The first-order valence-electron chi connectivity index (χ1n) is 7.13. The summed E-state index contributed by atoms with van der Waals surface area (Å²) in [5.74, 6) is -1.61. The van der Waals surface area contributed by atoms with E-state index in [1.807, 2.05) is 30.3 Å². The Morgan fingerprint density at radius 1 is 1.30 bits per heavy atom. The maximum Gasteiger partial charge on any atom is 0.342 e. The standard InChI is InChI=1S/C16H19N3O4/c1-10-14(11(2)19(18-10)8-13(17)15(20)21)16(22)23-9-12-6-4-3-5-7-12/h3-7,13H,8-9,17H2,1-2H3,(H,20,21)/t13-/m0/s1. The number of esters is 1. The van der Waals surface area contributed by atoms with Gasteiger partial charge in [0.15, 0.2) is 0 Å². The molecular formula is C16H19N3O4. The molecule has 0 amide bonds. The second-order valence-corrected chi connectivity index (χ2v) is 5.23. The molecule has 0 fully saturated rings. The number of carbonyl (C=O) groups is 2. The Hall–Kier alpha value is -2.67. The van der Waals surface area contributed by atoms with E-state index in [0.717, 1.165) is 5.56 Å². The monoisotopic (exact) mass is 317 g/mol. The van der Waals surface area contributed by atoms with E-state index in [2.05, 4.69) is 5.10 Å². The SMILES string of the molecule is Cc1nn(C[C@H](N)C(=O)O)c(C)c1C(=O)OCc1ccccc1. The molecule has 1 heterocycles. The molecule has 0 aliphatic heterocycles. The van der Waals surface area contributed by atoms with Gasteiger partial charge in [0.05, 0.1) is 17.9 Å². The normalized spacial score (nSPS) is 12.0. The van der Waals surface area contributed by atoms with Gasteiger partial charge in [-0.05, 0) is 19.4 Å². The fourth-order valence-electron chi connectivity index (χ4n) is 2.23. The van der Waals surface area contributed by atoms with Crippen LogP contribution in [0.1, 0.15) is 27.3 Å². The molecule has 1 aromatic heterocycles. The third-order valence-electron chi connectivity index (χ3n) is 3.49. The van der Waals surface area contributed by atoms with Gasteiger partial charge in [0.1, 0.15) is 18.2 Å². The van der Waals surface area contributed by atoms with Crippen molar-refractivity contribution in [1.82, 2.24) is 9.78 Å². The number of carboxylic acids is 1. The second-order valence-electron chi connectivity index (χ2n) is 5.23. The van der Waals surface area contributed by atoms with E-state index in [-0.39, 0.29) is 13.2 Å². The van der Waals surface area contributed by atoms with Crippen LogP contribution in [0.25, 0.3) is 0 Å². The van der Waals surface area contributed by atoms with Crippen LogP contribution in [0.4, 0.5) is 0 Å². The molecule has 23 heavy (non-hydrogen) atoms. The van der Waals surface area contributed by atoms with Gasteiger partial charge in [-0.2, -0.15) is 5.10 Å². The average Bonchev–Trinajstić information content (AvgIpc) is 2.80. The van der Waals surface area contributed by atoms with Crippen LogP contribution in [-0.2, 0) is 22.7 Å². The molecule has 0 saturated heterocycles. The summed E-state index contributed by atoms with van der Waals surface area (Å²) in [7, 11) is 0. The van der Waals surface area contributed by atoms with Crippen LogP contribution in [-0.4, -0.2) is 32.9 Å². The minimum atomic E-state index is -1.12. The van der Waals surface area contributed by atoms with Crippen LogP contribution >= 0.6 is 0 Å². The van der Waals surface area contributed by atoms with Gasteiger partial charge < -0.3 is 15.6 Å². The van der Waals surface area contributed by atoms with Crippen molar-refractivity contribution in [3.05, 3.63) is 52.8 Å². The molecule has 0 aliphatic carbocycles. The number of carbonyl (C=O) groups excluding carboxylic acids is 1. The average molecular weight is 317 g/mol. The molecule has 1 atom stereocenters. The molecule has 7 nitrogen and oxygen atoms in total. The largest absolute Gasteiger partial charge is 0.480 e. The van der Waals surface area contributed by atoms with Crippen LogP contribution < -0.4 is 5.73 Å². The first kappa shape index (κ1) is 16.7. The van der Waals surface area contributed by atoms with Gasteiger partial charge in [-0.25, -0.2) is 4.79 Å². The van der Waals surface area contributed by atoms with Crippen LogP contribution in [0, 0.1) is 13.8 Å². The highest BCUT2D eigenvalue weighted by molar-refractivity contribution is 5.91. The minimum absolute atomic E-state index is 0.00598. The highest BCUT2D eigenvalue weighted by atomic mass is 16.5. The number of rotatable bonds is 6. The maximum absolute atomic E-state index is 12.3. The smallest absolute Gasteiger partial charge is 0.342 e. The van der Waals surface area contributed by atoms with E-state index in [1.165, 1.54) is 4.68 Å². The molecule has 0 aliphatic rings. The van der Waals surface area contributed by atoms with E-state index in [1.54, 1.807) is 13.8 Å². The first-order valence-corrected chi connectivity index (χ1v) is 7.13. The van der Waals surface area contributed by atoms with Gasteiger partial charge >= 0.3 is 11.9 Å². The summed E-state index contributed by atoms with van der Waals surface area (Å²) in [5.41, 5.74) is 7.77. The zero-order valence-electron chi connectivity index (χ0n) is 13.0. The third-order valence-corrected chi connectivity index (χ3v) is 3.49. The number of carboxylic acid groups (broad SMARTS) is 1. The highest BCUT2D eigenvalue weighted by Crippen LogP contribution is 2.16. The van der Waals surface area contributed by atoms with Crippen LogP contribution in [0.15, 0.2) is 30.3 Å². The summed E-state index contributed by atoms with van der Waals surface area (Å²) >= 11 is 0. The van der Waals surface area contributed by atoms with E-state index >= 15 is 0 Å². The van der Waals surface area contributed by atoms with Gasteiger partial charge in [0.2, 0.25) is 0 Å². The zero-order valence-corrected chi connectivity index (χ0v) is 13.0. The van der Waals surface area contributed by atoms with Gasteiger partial charge in [-0.1, -0.05) is 30.3 Å². The van der Waals surface area contributed by atoms with Crippen molar-refractivity contribution in [2.75, 3.05) is 0 Å². The number of ether oxygens (including phenoxy) is 1. The third kappa shape index (κ3) is 3.95. The first-order chi connectivity index (χ1) is 10.9. The summed E-state index contributed by atoms with van der Waals surface area (Å²) in [6, 6.07) is 8.26.